The largest absolute Gasteiger partial charge is 0.493 e. The third kappa shape index (κ3) is 2.82. The van der Waals surface area contributed by atoms with Crippen LogP contribution in [0.3, 0.4) is 0 Å². The van der Waals surface area contributed by atoms with Gasteiger partial charge in [-0.25, -0.2) is 4.98 Å². The van der Waals surface area contributed by atoms with Crippen molar-refractivity contribution in [1.82, 2.24) is 4.98 Å². The Kier molecular flexibility index (Phi) is 4.10. The molecule has 0 fully saturated rings. The van der Waals surface area contributed by atoms with Crippen LogP contribution in [0.15, 0.2) is 41.1 Å². The number of methoxy groups -OCH3 is 2. The molecule has 0 amide bonds. The first kappa shape index (κ1) is 15.2. The number of hydrogen-bond acceptors (Lipinski definition) is 5. The first-order valence-corrected chi connectivity index (χ1v) is 7.39. The van der Waals surface area contributed by atoms with Crippen molar-refractivity contribution in [2.24, 2.45) is 0 Å². The molecular formula is C18H20N2O3. The first-order valence-electron chi connectivity index (χ1n) is 7.39. The number of fused-ring (bicyclic) bond motifs is 1. The SMILES string of the molecule is COc1cc(C)c(CN(C)c2nccc3occc23)cc1OC. The molecule has 23 heavy (non-hydrogen) atoms. The molecule has 5 nitrogen and oxygen atoms in total. The van der Waals surface area contributed by atoms with E-state index in [1.165, 1.54) is 0 Å². The fraction of sp³-hybridized carbons (Fsp3) is 0.278. The van der Waals surface area contributed by atoms with E-state index in [0.29, 0.717) is 6.54 Å². The lowest BCUT2D eigenvalue weighted by molar-refractivity contribution is 0.354. The second-order valence-electron chi connectivity index (χ2n) is 5.46. The number of anilines is 1. The Hall–Kier alpha value is -2.69. The number of aromatic nitrogens is 1. The number of nitrogens with zero attached hydrogens (tertiary/aromatic N) is 2. The molecule has 2 aromatic heterocycles. The van der Waals surface area contributed by atoms with Crippen LogP contribution in [0.1, 0.15) is 11.1 Å². The number of benzene rings is 1. The van der Waals surface area contributed by atoms with Gasteiger partial charge in [-0.05, 0) is 42.3 Å². The van der Waals surface area contributed by atoms with Gasteiger partial charge in [-0.2, -0.15) is 0 Å². The number of pyridine rings is 1. The molecule has 3 aromatic rings. The minimum atomic E-state index is 0.712. The molecule has 3 rings (SSSR count). The molecule has 0 N–H and O–H groups in total. The Bertz CT molecular complexity index is 826. The summed E-state index contributed by atoms with van der Waals surface area (Å²) in [5, 5.41) is 1.01. The lowest BCUT2D eigenvalue weighted by Gasteiger charge is -2.21. The van der Waals surface area contributed by atoms with E-state index in [2.05, 4.69) is 16.8 Å². The van der Waals surface area contributed by atoms with E-state index in [4.69, 9.17) is 13.9 Å². The summed E-state index contributed by atoms with van der Waals surface area (Å²) < 4.78 is 16.2. The molecule has 2 heterocycles. The highest BCUT2D eigenvalue weighted by atomic mass is 16.5. The van der Waals surface area contributed by atoms with Crippen molar-refractivity contribution < 1.29 is 13.9 Å². The van der Waals surface area contributed by atoms with E-state index in [1.807, 2.05) is 31.3 Å². The maximum atomic E-state index is 5.45. The number of rotatable bonds is 5. The van der Waals surface area contributed by atoms with E-state index < -0.39 is 0 Å². The van der Waals surface area contributed by atoms with Crippen LogP contribution >= 0.6 is 0 Å². The van der Waals surface area contributed by atoms with E-state index in [9.17, 15) is 0 Å². The van der Waals surface area contributed by atoms with Gasteiger partial charge in [0.1, 0.15) is 11.4 Å². The zero-order valence-electron chi connectivity index (χ0n) is 13.8. The molecule has 5 heteroatoms. The van der Waals surface area contributed by atoms with E-state index in [1.54, 1.807) is 26.7 Å². The first-order chi connectivity index (χ1) is 11.1. The van der Waals surface area contributed by atoms with Crippen LogP contribution in [-0.4, -0.2) is 26.3 Å². The predicted molar refractivity (Wildman–Crippen MR) is 90.4 cm³/mol. The second kappa shape index (κ2) is 6.20. The molecule has 0 unspecified atom stereocenters. The lowest BCUT2D eigenvalue weighted by atomic mass is 10.1. The summed E-state index contributed by atoms with van der Waals surface area (Å²) in [6, 6.07) is 7.82. The van der Waals surface area contributed by atoms with Crippen LogP contribution in [0.25, 0.3) is 11.0 Å². The summed E-state index contributed by atoms with van der Waals surface area (Å²) in [6.45, 7) is 2.78. The Labute approximate surface area is 135 Å². The minimum absolute atomic E-state index is 0.712. The van der Waals surface area contributed by atoms with Gasteiger partial charge in [-0.1, -0.05) is 0 Å². The highest BCUT2D eigenvalue weighted by Gasteiger charge is 2.13. The quantitative estimate of drug-likeness (QED) is 0.717. The second-order valence-corrected chi connectivity index (χ2v) is 5.46. The van der Waals surface area contributed by atoms with Gasteiger partial charge in [-0.15, -0.1) is 0 Å². The van der Waals surface area contributed by atoms with Crippen LogP contribution in [0.4, 0.5) is 5.82 Å². The van der Waals surface area contributed by atoms with Gasteiger partial charge in [0.25, 0.3) is 0 Å². The Morgan fingerprint density at radius 1 is 1.13 bits per heavy atom. The number of hydrogen-bond donors (Lipinski definition) is 0. The third-order valence-corrected chi connectivity index (χ3v) is 3.97. The van der Waals surface area contributed by atoms with Crippen LogP contribution in [0, 0.1) is 6.92 Å². The monoisotopic (exact) mass is 312 g/mol. The average Bonchev–Trinajstić information content (AvgIpc) is 3.04. The standard InChI is InChI=1S/C18H20N2O3/c1-12-9-16(21-3)17(22-4)10-13(12)11-20(2)18-14-6-8-23-15(14)5-7-19-18/h5-10H,11H2,1-4H3. The normalized spacial score (nSPS) is 10.8. The van der Waals surface area contributed by atoms with Crippen LogP contribution in [0.5, 0.6) is 11.5 Å². The highest BCUT2D eigenvalue weighted by molar-refractivity contribution is 5.88. The minimum Gasteiger partial charge on any atom is -0.493 e. The molecule has 0 aliphatic heterocycles. The van der Waals surface area contributed by atoms with Gasteiger partial charge in [0.05, 0.1) is 25.9 Å². The summed E-state index contributed by atoms with van der Waals surface area (Å²) >= 11 is 0. The molecule has 0 spiro atoms. The van der Waals surface area contributed by atoms with Crippen molar-refractivity contribution >= 4 is 16.8 Å². The molecule has 0 bridgehead atoms. The molecule has 1 aromatic carbocycles. The molecule has 0 atom stereocenters. The highest BCUT2D eigenvalue weighted by Crippen LogP contribution is 2.32. The van der Waals surface area contributed by atoms with Crippen molar-refractivity contribution in [1.29, 1.82) is 0 Å². The Morgan fingerprint density at radius 3 is 2.61 bits per heavy atom. The maximum Gasteiger partial charge on any atom is 0.161 e. The summed E-state index contributed by atoms with van der Waals surface area (Å²) in [6.07, 6.45) is 3.45. The summed E-state index contributed by atoms with van der Waals surface area (Å²) in [4.78, 5) is 6.59. The summed E-state index contributed by atoms with van der Waals surface area (Å²) in [5.74, 6) is 2.37. The molecule has 0 aliphatic carbocycles. The molecule has 0 saturated heterocycles. The van der Waals surface area contributed by atoms with E-state index in [0.717, 1.165) is 39.4 Å². The number of furan rings is 1. The van der Waals surface area contributed by atoms with Gasteiger partial charge in [0.15, 0.2) is 11.5 Å². The molecule has 0 aliphatic rings. The summed E-state index contributed by atoms with van der Waals surface area (Å²) in [7, 11) is 5.31. The van der Waals surface area contributed by atoms with Crippen LogP contribution in [-0.2, 0) is 6.54 Å². The topological polar surface area (TPSA) is 47.7 Å². The molecule has 0 saturated carbocycles. The van der Waals surface area contributed by atoms with Gasteiger partial charge >= 0.3 is 0 Å². The third-order valence-electron chi connectivity index (χ3n) is 3.97. The molecule has 0 radical (unpaired) electrons. The maximum absolute atomic E-state index is 5.45. The lowest BCUT2D eigenvalue weighted by Crippen LogP contribution is -2.18. The van der Waals surface area contributed by atoms with Crippen molar-refractivity contribution in [2.75, 3.05) is 26.2 Å². The van der Waals surface area contributed by atoms with Gasteiger partial charge in [-0.3, -0.25) is 0 Å². The van der Waals surface area contributed by atoms with Crippen molar-refractivity contribution in [2.45, 2.75) is 13.5 Å². The van der Waals surface area contributed by atoms with Crippen molar-refractivity contribution in [3.8, 4) is 11.5 Å². The van der Waals surface area contributed by atoms with Crippen LogP contribution < -0.4 is 14.4 Å². The average molecular weight is 312 g/mol. The van der Waals surface area contributed by atoms with Gasteiger partial charge in [0.2, 0.25) is 0 Å². The van der Waals surface area contributed by atoms with Crippen LogP contribution in [0.2, 0.25) is 0 Å². The smallest absolute Gasteiger partial charge is 0.161 e. The Balaban J connectivity index is 1.94. The van der Waals surface area contributed by atoms with Gasteiger partial charge in [0, 0.05) is 19.8 Å². The molecular weight excluding hydrogens is 292 g/mol. The van der Waals surface area contributed by atoms with Crippen molar-refractivity contribution in [3.63, 3.8) is 0 Å². The Morgan fingerprint density at radius 2 is 1.87 bits per heavy atom. The van der Waals surface area contributed by atoms with E-state index >= 15 is 0 Å². The fourth-order valence-corrected chi connectivity index (χ4v) is 2.71. The van der Waals surface area contributed by atoms with E-state index in [-0.39, 0.29) is 0 Å². The molecule has 120 valence electrons. The van der Waals surface area contributed by atoms with Crippen molar-refractivity contribution in [3.05, 3.63) is 47.9 Å². The fourth-order valence-electron chi connectivity index (χ4n) is 2.71. The number of aryl methyl sites for hydroxylation is 1. The number of ether oxygens (including phenoxy) is 2. The zero-order chi connectivity index (χ0) is 16.4. The van der Waals surface area contributed by atoms with Gasteiger partial charge < -0.3 is 18.8 Å². The summed E-state index contributed by atoms with van der Waals surface area (Å²) in [5.41, 5.74) is 3.15. The zero-order valence-corrected chi connectivity index (χ0v) is 13.8. The predicted octanol–water partition coefficient (Wildman–Crippen LogP) is 3.79.